The molecule has 3 atom stereocenters. The fourth-order valence-electron chi connectivity index (χ4n) is 3.23. The third kappa shape index (κ3) is 3.01. The van der Waals surface area contributed by atoms with E-state index in [1.807, 2.05) is 12.1 Å². The first-order valence-electron chi connectivity index (χ1n) is 6.77. The van der Waals surface area contributed by atoms with Gasteiger partial charge in [0.05, 0.1) is 10.0 Å². The molecule has 3 unspecified atom stereocenters. The Bertz CT molecular complexity index is 405. The molecule has 18 heavy (non-hydrogen) atoms. The monoisotopic (exact) mass is 285 g/mol. The van der Waals surface area contributed by atoms with Gasteiger partial charge in [-0.25, -0.2) is 0 Å². The van der Waals surface area contributed by atoms with E-state index in [0.29, 0.717) is 28.4 Å². The summed E-state index contributed by atoms with van der Waals surface area (Å²) in [5.41, 5.74) is 7.13. The Kier molecular flexibility index (Phi) is 4.94. The highest BCUT2D eigenvalue weighted by Crippen LogP contribution is 2.41. The van der Waals surface area contributed by atoms with Crippen molar-refractivity contribution < 1.29 is 0 Å². The second kappa shape index (κ2) is 6.27. The molecule has 0 spiro atoms. The average Bonchev–Trinajstić information content (AvgIpc) is 2.35. The fraction of sp³-hybridized carbons (Fsp3) is 0.600. The molecular weight excluding hydrogens is 265 g/mol. The molecule has 1 aromatic carbocycles. The third-order valence-corrected chi connectivity index (χ3v) is 5.01. The van der Waals surface area contributed by atoms with Crippen LogP contribution in [0.5, 0.6) is 0 Å². The molecular formula is C15H21Cl2N. The van der Waals surface area contributed by atoms with Crippen LogP contribution in [0.15, 0.2) is 18.2 Å². The Balaban J connectivity index is 2.24. The van der Waals surface area contributed by atoms with Crippen LogP contribution in [0.25, 0.3) is 0 Å². The van der Waals surface area contributed by atoms with Crippen LogP contribution in [0.2, 0.25) is 10.0 Å². The van der Waals surface area contributed by atoms with E-state index >= 15 is 0 Å². The van der Waals surface area contributed by atoms with Gasteiger partial charge in [-0.05, 0) is 42.9 Å². The zero-order chi connectivity index (χ0) is 13.1. The second-order valence-electron chi connectivity index (χ2n) is 5.52. The van der Waals surface area contributed by atoms with E-state index in [2.05, 4.69) is 13.0 Å². The van der Waals surface area contributed by atoms with Crippen molar-refractivity contribution in [2.45, 2.75) is 38.5 Å². The van der Waals surface area contributed by atoms with Crippen molar-refractivity contribution in [3.63, 3.8) is 0 Å². The van der Waals surface area contributed by atoms with E-state index in [9.17, 15) is 0 Å². The van der Waals surface area contributed by atoms with Gasteiger partial charge in [0, 0.05) is 5.92 Å². The van der Waals surface area contributed by atoms with Crippen LogP contribution in [0.1, 0.15) is 44.1 Å². The molecule has 1 aliphatic rings. The smallest absolute Gasteiger partial charge is 0.0627 e. The minimum atomic E-state index is 0.346. The van der Waals surface area contributed by atoms with Crippen molar-refractivity contribution in [2.75, 3.05) is 6.54 Å². The van der Waals surface area contributed by atoms with Gasteiger partial charge in [0.2, 0.25) is 0 Å². The molecule has 1 aliphatic carbocycles. The maximum absolute atomic E-state index is 6.33. The van der Waals surface area contributed by atoms with Crippen molar-refractivity contribution in [1.82, 2.24) is 0 Å². The zero-order valence-corrected chi connectivity index (χ0v) is 12.3. The summed E-state index contributed by atoms with van der Waals surface area (Å²) in [6.07, 6.45) is 5.16. The summed E-state index contributed by atoms with van der Waals surface area (Å²) in [6.45, 7) is 2.98. The molecule has 0 heterocycles. The Morgan fingerprint density at radius 2 is 2.11 bits per heavy atom. The molecule has 1 fully saturated rings. The van der Waals surface area contributed by atoms with Crippen molar-refractivity contribution >= 4 is 23.2 Å². The van der Waals surface area contributed by atoms with Crippen molar-refractivity contribution in [3.05, 3.63) is 33.8 Å². The fourth-order valence-corrected chi connectivity index (χ4v) is 3.67. The van der Waals surface area contributed by atoms with Gasteiger partial charge < -0.3 is 5.73 Å². The minimum absolute atomic E-state index is 0.346. The molecule has 0 aromatic heterocycles. The maximum Gasteiger partial charge on any atom is 0.0627 e. The van der Waals surface area contributed by atoms with Gasteiger partial charge in [-0.2, -0.15) is 0 Å². The summed E-state index contributed by atoms with van der Waals surface area (Å²) >= 11 is 12.4. The van der Waals surface area contributed by atoms with Gasteiger partial charge in [0.1, 0.15) is 0 Å². The highest BCUT2D eigenvalue weighted by atomic mass is 35.5. The Morgan fingerprint density at radius 1 is 1.33 bits per heavy atom. The minimum Gasteiger partial charge on any atom is -0.330 e. The molecule has 2 rings (SSSR count). The molecule has 100 valence electrons. The van der Waals surface area contributed by atoms with Crippen molar-refractivity contribution in [2.24, 2.45) is 17.6 Å². The maximum atomic E-state index is 6.33. The molecule has 0 radical (unpaired) electrons. The number of benzene rings is 1. The average molecular weight is 286 g/mol. The van der Waals surface area contributed by atoms with E-state index in [4.69, 9.17) is 28.9 Å². The van der Waals surface area contributed by atoms with Gasteiger partial charge >= 0.3 is 0 Å². The first kappa shape index (κ1) is 14.2. The Hall–Kier alpha value is -0.240. The van der Waals surface area contributed by atoms with Crippen LogP contribution in [0.3, 0.4) is 0 Å². The van der Waals surface area contributed by atoms with Crippen molar-refractivity contribution in [3.8, 4) is 0 Å². The van der Waals surface area contributed by atoms with Crippen molar-refractivity contribution in [1.29, 1.82) is 0 Å². The largest absolute Gasteiger partial charge is 0.330 e. The standard InChI is InChI=1S/C15H21Cl2N/c1-10-4-2-5-11(8-10)13(9-18)12-6-3-7-14(16)15(12)17/h3,6-7,10-11,13H,2,4-5,8-9,18H2,1H3. The highest BCUT2D eigenvalue weighted by molar-refractivity contribution is 6.42. The molecule has 0 aliphatic heterocycles. The number of hydrogen-bond acceptors (Lipinski definition) is 1. The molecule has 0 bridgehead atoms. The molecule has 0 amide bonds. The lowest BCUT2D eigenvalue weighted by Gasteiger charge is -2.33. The Labute approximate surface area is 120 Å². The molecule has 1 aromatic rings. The van der Waals surface area contributed by atoms with Crippen LogP contribution in [0.4, 0.5) is 0 Å². The summed E-state index contributed by atoms with van der Waals surface area (Å²) < 4.78 is 0. The summed E-state index contributed by atoms with van der Waals surface area (Å²) in [4.78, 5) is 0. The molecule has 2 N–H and O–H groups in total. The Morgan fingerprint density at radius 3 is 2.78 bits per heavy atom. The zero-order valence-electron chi connectivity index (χ0n) is 10.8. The van der Waals surface area contributed by atoms with Gasteiger partial charge in [-0.1, -0.05) is 55.1 Å². The molecule has 3 heteroatoms. The lowest BCUT2D eigenvalue weighted by atomic mass is 9.73. The van der Waals surface area contributed by atoms with Gasteiger partial charge in [-0.3, -0.25) is 0 Å². The van der Waals surface area contributed by atoms with Crippen LogP contribution in [0, 0.1) is 11.8 Å². The van der Waals surface area contributed by atoms with Gasteiger partial charge in [0.25, 0.3) is 0 Å². The van der Waals surface area contributed by atoms with Crippen LogP contribution in [-0.4, -0.2) is 6.54 Å². The van der Waals surface area contributed by atoms with E-state index in [1.165, 1.54) is 25.7 Å². The topological polar surface area (TPSA) is 26.0 Å². The molecule has 0 saturated heterocycles. The summed E-state index contributed by atoms with van der Waals surface area (Å²) in [5, 5.41) is 1.32. The molecule has 1 saturated carbocycles. The number of hydrogen-bond donors (Lipinski definition) is 1. The lowest BCUT2D eigenvalue weighted by molar-refractivity contribution is 0.248. The highest BCUT2D eigenvalue weighted by Gasteiger charge is 2.28. The van der Waals surface area contributed by atoms with E-state index in [-0.39, 0.29) is 0 Å². The second-order valence-corrected chi connectivity index (χ2v) is 6.30. The number of halogens is 2. The van der Waals surface area contributed by atoms with E-state index in [0.717, 1.165) is 11.5 Å². The summed E-state index contributed by atoms with van der Waals surface area (Å²) in [5.74, 6) is 1.80. The summed E-state index contributed by atoms with van der Waals surface area (Å²) in [6, 6.07) is 5.88. The first-order chi connectivity index (χ1) is 8.63. The third-order valence-electron chi connectivity index (χ3n) is 4.18. The number of rotatable bonds is 3. The first-order valence-corrected chi connectivity index (χ1v) is 7.53. The predicted molar refractivity (Wildman–Crippen MR) is 79.4 cm³/mol. The summed E-state index contributed by atoms with van der Waals surface area (Å²) in [7, 11) is 0. The molecule has 1 nitrogen and oxygen atoms in total. The predicted octanol–water partition coefficient (Wildman–Crippen LogP) is 4.86. The normalized spacial score (nSPS) is 26.0. The van der Waals surface area contributed by atoms with Gasteiger partial charge in [-0.15, -0.1) is 0 Å². The quantitative estimate of drug-likeness (QED) is 0.843. The van der Waals surface area contributed by atoms with E-state index < -0.39 is 0 Å². The van der Waals surface area contributed by atoms with E-state index in [1.54, 1.807) is 0 Å². The van der Waals surface area contributed by atoms with Gasteiger partial charge in [0.15, 0.2) is 0 Å². The van der Waals surface area contributed by atoms with Crippen LogP contribution >= 0.6 is 23.2 Å². The number of nitrogens with two attached hydrogens (primary N) is 1. The SMILES string of the molecule is CC1CCCC(C(CN)c2cccc(Cl)c2Cl)C1. The van der Waals surface area contributed by atoms with Crippen LogP contribution in [-0.2, 0) is 0 Å². The lowest BCUT2D eigenvalue weighted by Crippen LogP contribution is -2.26. The van der Waals surface area contributed by atoms with Crippen LogP contribution < -0.4 is 5.73 Å².